The van der Waals surface area contributed by atoms with Crippen LogP contribution in [0.15, 0.2) is 42.5 Å². The Balaban J connectivity index is 2.28. The maximum atomic E-state index is 12.2. The summed E-state index contributed by atoms with van der Waals surface area (Å²) in [6, 6.07) is 12.9. The van der Waals surface area contributed by atoms with Crippen LogP contribution in [0.4, 0.5) is 0 Å². The molecule has 0 aliphatic rings. The molecule has 2 aromatic rings. The van der Waals surface area contributed by atoms with E-state index in [0.717, 1.165) is 11.1 Å². The number of Topliss-reactive ketones (excluding diaryl/α,β-unsaturated/α-hetero) is 1. The van der Waals surface area contributed by atoms with Crippen molar-refractivity contribution in [2.24, 2.45) is 0 Å². The van der Waals surface area contributed by atoms with Gasteiger partial charge in [-0.15, -0.1) is 0 Å². The van der Waals surface area contributed by atoms with Crippen LogP contribution in [0.2, 0.25) is 10.0 Å². The normalized spacial score (nSPS) is 10.4. The lowest BCUT2D eigenvalue weighted by Crippen LogP contribution is -2.05. The molecule has 0 saturated heterocycles. The summed E-state index contributed by atoms with van der Waals surface area (Å²) in [5.41, 5.74) is 2.59. The molecule has 0 spiro atoms. The van der Waals surface area contributed by atoms with Crippen LogP contribution in [-0.2, 0) is 6.42 Å². The van der Waals surface area contributed by atoms with Crippen molar-refractivity contribution in [3.8, 4) is 0 Å². The molecule has 2 rings (SSSR count). The molecule has 0 unspecified atom stereocenters. The van der Waals surface area contributed by atoms with Crippen LogP contribution < -0.4 is 0 Å². The highest BCUT2D eigenvalue weighted by Gasteiger charge is 2.13. The standard InChI is InChI=1S/C15H12Cl2O/c1-10-5-2-3-6-11(10)9-14(18)12-7-4-8-13(16)15(12)17/h2-8H,9H2,1H3. The molecule has 3 heteroatoms. The van der Waals surface area contributed by atoms with Gasteiger partial charge in [-0.1, -0.05) is 53.5 Å². The molecular weight excluding hydrogens is 267 g/mol. The number of rotatable bonds is 3. The van der Waals surface area contributed by atoms with Gasteiger partial charge in [-0.3, -0.25) is 4.79 Å². The quantitative estimate of drug-likeness (QED) is 0.742. The van der Waals surface area contributed by atoms with Gasteiger partial charge in [0.25, 0.3) is 0 Å². The summed E-state index contributed by atoms with van der Waals surface area (Å²) in [7, 11) is 0. The van der Waals surface area contributed by atoms with Gasteiger partial charge in [-0.05, 0) is 30.2 Å². The molecule has 2 aromatic carbocycles. The Labute approximate surface area is 116 Å². The Morgan fingerprint density at radius 1 is 1.06 bits per heavy atom. The maximum Gasteiger partial charge on any atom is 0.168 e. The first-order valence-electron chi connectivity index (χ1n) is 5.61. The molecule has 0 aromatic heterocycles. The maximum absolute atomic E-state index is 12.2. The number of hydrogen-bond donors (Lipinski definition) is 0. The monoisotopic (exact) mass is 278 g/mol. The van der Waals surface area contributed by atoms with Gasteiger partial charge >= 0.3 is 0 Å². The lowest BCUT2D eigenvalue weighted by Gasteiger charge is -2.07. The third-order valence-electron chi connectivity index (χ3n) is 2.86. The fourth-order valence-electron chi connectivity index (χ4n) is 1.80. The number of halogens is 2. The molecule has 0 heterocycles. The van der Waals surface area contributed by atoms with E-state index in [2.05, 4.69) is 0 Å². The minimum Gasteiger partial charge on any atom is -0.294 e. The minimum absolute atomic E-state index is 0.0169. The van der Waals surface area contributed by atoms with E-state index >= 15 is 0 Å². The molecule has 0 amide bonds. The van der Waals surface area contributed by atoms with E-state index < -0.39 is 0 Å². The van der Waals surface area contributed by atoms with E-state index in [1.807, 2.05) is 31.2 Å². The summed E-state index contributed by atoms with van der Waals surface area (Å²) in [5.74, 6) is -0.0169. The third-order valence-corrected chi connectivity index (χ3v) is 3.68. The molecule has 0 radical (unpaired) electrons. The lowest BCUT2D eigenvalue weighted by molar-refractivity contribution is 0.0993. The minimum atomic E-state index is -0.0169. The summed E-state index contributed by atoms with van der Waals surface area (Å²) in [6.45, 7) is 1.99. The first kappa shape index (κ1) is 13.1. The Morgan fingerprint density at radius 2 is 1.78 bits per heavy atom. The van der Waals surface area contributed by atoms with Gasteiger partial charge in [0.1, 0.15) is 0 Å². The van der Waals surface area contributed by atoms with E-state index in [9.17, 15) is 4.79 Å². The van der Waals surface area contributed by atoms with Crippen molar-refractivity contribution in [1.29, 1.82) is 0 Å². The van der Waals surface area contributed by atoms with Gasteiger partial charge in [0, 0.05) is 12.0 Å². The first-order valence-corrected chi connectivity index (χ1v) is 6.37. The third kappa shape index (κ3) is 2.74. The van der Waals surface area contributed by atoms with Gasteiger partial charge < -0.3 is 0 Å². The highest BCUT2D eigenvalue weighted by atomic mass is 35.5. The Morgan fingerprint density at radius 3 is 2.50 bits per heavy atom. The molecule has 0 bridgehead atoms. The Kier molecular flexibility index (Phi) is 4.05. The van der Waals surface area contributed by atoms with Crippen LogP contribution in [0.5, 0.6) is 0 Å². The molecule has 0 atom stereocenters. The number of ketones is 1. The van der Waals surface area contributed by atoms with Gasteiger partial charge in [0.15, 0.2) is 5.78 Å². The predicted octanol–water partition coefficient (Wildman–Crippen LogP) is 4.73. The van der Waals surface area contributed by atoms with Crippen LogP contribution in [0.1, 0.15) is 21.5 Å². The van der Waals surface area contributed by atoms with Gasteiger partial charge in [0.2, 0.25) is 0 Å². The van der Waals surface area contributed by atoms with E-state index in [1.54, 1.807) is 18.2 Å². The Hall–Kier alpha value is -1.31. The van der Waals surface area contributed by atoms with Crippen LogP contribution in [0, 0.1) is 6.92 Å². The molecule has 0 fully saturated rings. The second kappa shape index (κ2) is 5.55. The topological polar surface area (TPSA) is 17.1 Å². The summed E-state index contributed by atoms with van der Waals surface area (Å²) < 4.78 is 0. The zero-order chi connectivity index (χ0) is 13.1. The molecule has 18 heavy (non-hydrogen) atoms. The number of carbonyl (C=O) groups is 1. The van der Waals surface area contributed by atoms with Crippen LogP contribution in [-0.4, -0.2) is 5.78 Å². The molecule has 1 nitrogen and oxygen atoms in total. The van der Waals surface area contributed by atoms with Crippen LogP contribution >= 0.6 is 23.2 Å². The lowest BCUT2D eigenvalue weighted by atomic mass is 9.99. The number of hydrogen-bond acceptors (Lipinski definition) is 1. The summed E-state index contributed by atoms with van der Waals surface area (Å²) in [6.07, 6.45) is 0.340. The fourth-order valence-corrected chi connectivity index (χ4v) is 2.20. The summed E-state index contributed by atoms with van der Waals surface area (Å²) in [4.78, 5) is 12.2. The first-order chi connectivity index (χ1) is 8.59. The zero-order valence-electron chi connectivity index (χ0n) is 9.91. The molecule has 92 valence electrons. The molecule has 0 aliphatic heterocycles. The van der Waals surface area contributed by atoms with E-state index in [0.29, 0.717) is 22.0 Å². The Bertz CT molecular complexity index is 591. The van der Waals surface area contributed by atoms with Crippen molar-refractivity contribution in [3.63, 3.8) is 0 Å². The highest BCUT2D eigenvalue weighted by Crippen LogP contribution is 2.26. The van der Waals surface area contributed by atoms with Crippen molar-refractivity contribution in [2.75, 3.05) is 0 Å². The number of aryl methyl sites for hydroxylation is 1. The van der Waals surface area contributed by atoms with E-state index in [-0.39, 0.29) is 5.78 Å². The SMILES string of the molecule is Cc1ccccc1CC(=O)c1cccc(Cl)c1Cl. The molecular formula is C15H12Cl2O. The fraction of sp³-hybridized carbons (Fsp3) is 0.133. The van der Waals surface area contributed by atoms with Gasteiger partial charge in [-0.25, -0.2) is 0 Å². The molecule has 0 aliphatic carbocycles. The predicted molar refractivity (Wildman–Crippen MR) is 75.7 cm³/mol. The zero-order valence-corrected chi connectivity index (χ0v) is 11.4. The second-order valence-corrected chi connectivity index (χ2v) is 4.91. The highest BCUT2D eigenvalue weighted by molar-refractivity contribution is 6.43. The van der Waals surface area contributed by atoms with Crippen molar-refractivity contribution in [3.05, 3.63) is 69.2 Å². The number of benzene rings is 2. The van der Waals surface area contributed by atoms with Gasteiger partial charge in [0.05, 0.1) is 10.0 Å². The summed E-state index contributed by atoms with van der Waals surface area (Å²) >= 11 is 11.9. The van der Waals surface area contributed by atoms with E-state index in [4.69, 9.17) is 23.2 Å². The van der Waals surface area contributed by atoms with Crippen molar-refractivity contribution >= 4 is 29.0 Å². The summed E-state index contributed by atoms with van der Waals surface area (Å²) in [5, 5.41) is 0.741. The van der Waals surface area contributed by atoms with Crippen molar-refractivity contribution in [1.82, 2.24) is 0 Å². The largest absolute Gasteiger partial charge is 0.294 e. The molecule has 0 saturated carbocycles. The van der Waals surface area contributed by atoms with Crippen LogP contribution in [0.25, 0.3) is 0 Å². The average molecular weight is 279 g/mol. The van der Waals surface area contributed by atoms with Gasteiger partial charge in [-0.2, -0.15) is 0 Å². The van der Waals surface area contributed by atoms with Crippen molar-refractivity contribution < 1.29 is 4.79 Å². The van der Waals surface area contributed by atoms with Crippen LogP contribution in [0.3, 0.4) is 0 Å². The number of carbonyl (C=O) groups excluding carboxylic acids is 1. The molecule has 0 N–H and O–H groups in total. The smallest absolute Gasteiger partial charge is 0.168 e. The second-order valence-electron chi connectivity index (χ2n) is 4.13. The van der Waals surface area contributed by atoms with E-state index in [1.165, 1.54) is 0 Å². The average Bonchev–Trinajstić information content (AvgIpc) is 2.35. The van der Waals surface area contributed by atoms with Crippen molar-refractivity contribution in [2.45, 2.75) is 13.3 Å².